The second-order valence-electron chi connectivity index (χ2n) is 23.3. The van der Waals surface area contributed by atoms with Gasteiger partial charge in [0.05, 0.1) is 58.8 Å². The summed E-state index contributed by atoms with van der Waals surface area (Å²) in [5.74, 6) is -10.0. The van der Waals surface area contributed by atoms with Gasteiger partial charge in [-0.1, -0.05) is 127 Å². The molecule has 4 saturated heterocycles. The number of alkyl halides is 3. The Kier molecular flexibility index (Phi) is 27.0. The van der Waals surface area contributed by atoms with Crippen molar-refractivity contribution in [2.75, 3.05) is 50.7 Å². The number of carbonyl (C=O) groups is 9. The number of halogens is 3. The Hall–Kier alpha value is -9.68. The standard InChI is InChI=1S/C75H67Cl3O26/c76-36-37-88-72-62(102-70(86)49-32-18-6-19-33-49)58(100-68(84)47-28-14-4-15-29-47)53(93-72)42-92-74-63(103-71(87)50-34-20-7-21-35-50)60(104-75-64(98-56(80)39-78)59(101-69(85)48-30-16-5-17-31-48)52(96-75)41-90-66(82)45-24-10-2-11-25-45)54(95-74)43-91-73-61(97-55(79)38-77)57(99-67(83)46-26-12-3-13-27-46)51(94-73)40-89-65(81)44-22-8-1-9-23-44/h1-35,51-54,57-64,72-75H,36-43H2/t51-,52-,53-,54-,57-,58-,59-,60-,61+,62+,63+,64+,72+,73+,74+,75-/m1/s1. The van der Waals surface area contributed by atoms with Crippen LogP contribution < -0.4 is 0 Å². The van der Waals surface area contributed by atoms with Crippen molar-refractivity contribution in [3.05, 3.63) is 251 Å². The molecule has 26 nitrogen and oxygen atoms in total. The number of rotatable bonds is 31. The van der Waals surface area contributed by atoms with Crippen LogP contribution in [0.1, 0.15) is 72.5 Å². The molecule has 4 heterocycles. The van der Waals surface area contributed by atoms with Gasteiger partial charge in [-0.05, 0) is 84.9 Å². The Balaban J connectivity index is 0.981. The van der Waals surface area contributed by atoms with Crippen LogP contribution >= 0.6 is 34.8 Å². The van der Waals surface area contributed by atoms with E-state index in [0.717, 1.165) is 0 Å². The molecule has 544 valence electrons. The summed E-state index contributed by atoms with van der Waals surface area (Å²) >= 11 is 18.3. The van der Waals surface area contributed by atoms with Crippen LogP contribution in [0.3, 0.4) is 0 Å². The topological polar surface area (TPSA) is 311 Å². The zero-order chi connectivity index (χ0) is 72.9. The largest absolute Gasteiger partial charge is 0.459 e. The van der Waals surface area contributed by atoms with E-state index in [1.54, 1.807) is 127 Å². The lowest BCUT2D eigenvalue weighted by molar-refractivity contribution is -0.233. The van der Waals surface area contributed by atoms with Gasteiger partial charge in [0, 0.05) is 5.88 Å². The minimum Gasteiger partial charge on any atom is -0.459 e. The van der Waals surface area contributed by atoms with E-state index >= 15 is 0 Å². The minimum atomic E-state index is -1.95. The third kappa shape index (κ3) is 19.6. The molecule has 0 spiro atoms. The predicted molar refractivity (Wildman–Crippen MR) is 361 cm³/mol. The summed E-state index contributed by atoms with van der Waals surface area (Å²) in [6.45, 7) is -2.98. The number of esters is 9. The predicted octanol–water partition coefficient (Wildman–Crippen LogP) is 8.70. The summed E-state index contributed by atoms with van der Waals surface area (Å²) in [6, 6.07) is 54.5. The molecule has 0 bridgehead atoms. The number of carbonyl (C=O) groups excluding carboxylic acids is 9. The van der Waals surface area contributed by atoms with Crippen LogP contribution in [0.15, 0.2) is 212 Å². The Morgan fingerprint density at radius 1 is 0.269 bits per heavy atom. The second-order valence-corrected chi connectivity index (χ2v) is 24.2. The first kappa shape index (κ1) is 75.5. The van der Waals surface area contributed by atoms with Crippen LogP contribution in [0.2, 0.25) is 0 Å². The normalized spacial score (nSPS) is 25.3. The third-order valence-corrected chi connectivity index (χ3v) is 17.0. The van der Waals surface area contributed by atoms with Crippen LogP contribution in [-0.2, 0) is 90.1 Å². The zero-order valence-corrected chi connectivity index (χ0v) is 57.1. The van der Waals surface area contributed by atoms with E-state index in [1.807, 2.05) is 0 Å². The van der Waals surface area contributed by atoms with E-state index < -0.39 is 190 Å². The molecule has 7 aromatic rings. The second kappa shape index (κ2) is 37.2. The van der Waals surface area contributed by atoms with Crippen LogP contribution in [0, 0.1) is 0 Å². The molecule has 4 aliphatic heterocycles. The molecule has 29 heteroatoms. The van der Waals surface area contributed by atoms with Crippen molar-refractivity contribution in [2.45, 2.75) is 98.4 Å². The smallest absolute Gasteiger partial charge is 0.338 e. The number of hydrogen-bond acceptors (Lipinski definition) is 26. The van der Waals surface area contributed by atoms with Gasteiger partial charge in [0.1, 0.15) is 55.5 Å². The molecule has 0 radical (unpaired) electrons. The summed E-state index contributed by atoms with van der Waals surface area (Å²) in [5.41, 5.74) is 0.544. The maximum absolute atomic E-state index is 14.7. The monoisotopic (exact) mass is 1490 g/mol. The Bertz CT molecular complexity index is 4000. The van der Waals surface area contributed by atoms with Crippen LogP contribution in [0.4, 0.5) is 0 Å². The summed E-state index contributed by atoms with van der Waals surface area (Å²) in [6.07, 6.45) is -26.9. The molecule has 0 N–H and O–H groups in total. The highest BCUT2D eigenvalue weighted by Gasteiger charge is 2.59. The van der Waals surface area contributed by atoms with Gasteiger partial charge in [0.25, 0.3) is 0 Å². The highest BCUT2D eigenvalue weighted by molar-refractivity contribution is 6.26. The van der Waals surface area contributed by atoms with E-state index in [2.05, 4.69) is 0 Å². The Morgan fingerprint density at radius 2 is 0.510 bits per heavy atom. The molecular formula is C75H67Cl3O26. The maximum Gasteiger partial charge on any atom is 0.338 e. The lowest BCUT2D eigenvalue weighted by atomic mass is 10.1. The van der Waals surface area contributed by atoms with Gasteiger partial charge >= 0.3 is 53.7 Å². The lowest BCUT2D eigenvalue weighted by Crippen LogP contribution is -2.48. The van der Waals surface area contributed by atoms with E-state index in [9.17, 15) is 43.2 Å². The van der Waals surface area contributed by atoms with Crippen molar-refractivity contribution in [2.24, 2.45) is 0 Å². The average Bonchev–Trinajstić information content (AvgIpc) is 1.62. The van der Waals surface area contributed by atoms with Crippen LogP contribution in [0.25, 0.3) is 0 Å². The molecule has 4 fully saturated rings. The Morgan fingerprint density at radius 3 is 0.817 bits per heavy atom. The molecule has 16 atom stereocenters. The molecule has 0 aromatic heterocycles. The van der Waals surface area contributed by atoms with Crippen molar-refractivity contribution >= 4 is 88.5 Å². The quantitative estimate of drug-likeness (QED) is 0.0223. The molecule has 0 unspecified atom stereocenters. The summed E-state index contributed by atoms with van der Waals surface area (Å²) < 4.78 is 106. The Labute approximate surface area is 609 Å². The molecule has 7 aromatic carbocycles. The van der Waals surface area contributed by atoms with Gasteiger partial charge in [-0.2, -0.15) is 0 Å². The fourth-order valence-corrected chi connectivity index (χ4v) is 11.6. The number of hydrogen-bond donors (Lipinski definition) is 0. The van der Waals surface area contributed by atoms with E-state index in [-0.39, 0.29) is 51.4 Å². The van der Waals surface area contributed by atoms with Crippen molar-refractivity contribution in [3.63, 3.8) is 0 Å². The van der Waals surface area contributed by atoms with Crippen LogP contribution in [-0.4, -0.2) is 203 Å². The minimum absolute atomic E-state index is 0.0170. The van der Waals surface area contributed by atoms with Crippen molar-refractivity contribution in [1.82, 2.24) is 0 Å². The van der Waals surface area contributed by atoms with E-state index in [0.29, 0.717) is 0 Å². The molecule has 0 aliphatic carbocycles. The average molecular weight is 1490 g/mol. The SMILES string of the molecule is O=C(CCl)O[C@@H]1[C@@H](OC[C@H]2O[C@H](OC[C@H]3O[C@H](OCCCl)[C@@H](OC(=O)c4ccccc4)[C@@H]3OC(=O)c3ccccc3)[C@@H](OC(=O)c3ccccc3)[C@@H]2O[C@H]2O[C@H](COC(=O)c3ccccc3)[C@@H](OC(=O)c3ccccc3)[C@@H]2OC(=O)CCl)O[C@H](COC(=O)c2ccccc2)[C@H]1OC(=O)c1ccccc1. The molecule has 0 amide bonds. The maximum atomic E-state index is 14.7. The summed E-state index contributed by atoms with van der Waals surface area (Å²) in [5, 5.41) is 0. The van der Waals surface area contributed by atoms with Gasteiger partial charge in [-0.25, -0.2) is 33.6 Å². The highest BCUT2D eigenvalue weighted by atomic mass is 35.5. The molecule has 0 saturated carbocycles. The van der Waals surface area contributed by atoms with E-state index in [1.165, 1.54) is 84.9 Å². The third-order valence-electron chi connectivity index (χ3n) is 16.4. The van der Waals surface area contributed by atoms with Gasteiger partial charge in [-0.3, -0.25) is 9.59 Å². The first-order chi connectivity index (χ1) is 50.7. The highest BCUT2D eigenvalue weighted by Crippen LogP contribution is 2.39. The number of benzene rings is 7. The fourth-order valence-electron chi connectivity index (χ4n) is 11.4. The van der Waals surface area contributed by atoms with Crippen LogP contribution in [0.5, 0.6) is 0 Å². The molecular weight excluding hydrogens is 1420 g/mol. The summed E-state index contributed by atoms with van der Waals surface area (Å²) in [7, 11) is 0. The number of ether oxygens (including phenoxy) is 17. The molecule has 104 heavy (non-hydrogen) atoms. The van der Waals surface area contributed by atoms with Gasteiger partial charge in [0.15, 0.2) is 67.9 Å². The summed E-state index contributed by atoms with van der Waals surface area (Å²) in [4.78, 5) is 125. The van der Waals surface area contributed by atoms with Crippen molar-refractivity contribution in [1.29, 1.82) is 0 Å². The van der Waals surface area contributed by atoms with Crippen molar-refractivity contribution < 1.29 is 124 Å². The van der Waals surface area contributed by atoms with Crippen molar-refractivity contribution in [3.8, 4) is 0 Å². The lowest BCUT2D eigenvalue weighted by Gasteiger charge is -2.30. The molecule has 4 aliphatic rings. The van der Waals surface area contributed by atoms with Gasteiger partial charge in [0.2, 0.25) is 0 Å². The van der Waals surface area contributed by atoms with Gasteiger partial charge in [-0.15, -0.1) is 34.8 Å². The zero-order valence-electron chi connectivity index (χ0n) is 54.9. The fraction of sp³-hybridized carbons (Fsp3) is 0.320. The first-order valence-corrected chi connectivity index (χ1v) is 34.2. The van der Waals surface area contributed by atoms with Gasteiger partial charge < -0.3 is 80.5 Å². The first-order valence-electron chi connectivity index (χ1n) is 32.6. The van der Waals surface area contributed by atoms with E-state index in [4.69, 9.17) is 115 Å². The molecule has 11 rings (SSSR count).